The normalized spacial score (nSPS) is 25.5. The summed E-state index contributed by atoms with van der Waals surface area (Å²) in [5.74, 6) is 1.78. The van der Waals surface area contributed by atoms with Gasteiger partial charge in [-0.05, 0) is 62.7 Å². The number of benzene rings is 1. The molecule has 5 nitrogen and oxygen atoms in total. The Morgan fingerprint density at radius 2 is 1.92 bits per heavy atom. The number of nitrogens with one attached hydrogen (secondary N) is 2. The number of carbonyl (C=O) groups is 1. The molecule has 1 aromatic carbocycles. The van der Waals surface area contributed by atoms with E-state index in [9.17, 15) is 9.90 Å². The lowest BCUT2D eigenvalue weighted by Crippen LogP contribution is -2.53. The fourth-order valence-electron chi connectivity index (χ4n) is 3.78. The SMILES string of the molecule is O=C(CCOc1ccccc1)NC(C1CCNCC1)C1CC(O)C1. The molecule has 1 saturated carbocycles. The molecule has 0 aromatic heterocycles. The Labute approximate surface area is 143 Å². The van der Waals surface area contributed by atoms with Gasteiger partial charge in [0.15, 0.2) is 0 Å². The summed E-state index contributed by atoms with van der Waals surface area (Å²) < 4.78 is 5.61. The molecular weight excluding hydrogens is 304 g/mol. The number of rotatable bonds is 7. The molecule has 1 amide bonds. The molecule has 0 bridgehead atoms. The molecule has 132 valence electrons. The van der Waals surface area contributed by atoms with Crippen LogP contribution >= 0.6 is 0 Å². The lowest BCUT2D eigenvalue weighted by Gasteiger charge is -2.43. The van der Waals surface area contributed by atoms with Gasteiger partial charge in [0.1, 0.15) is 5.75 Å². The van der Waals surface area contributed by atoms with Gasteiger partial charge in [0.25, 0.3) is 0 Å². The molecule has 0 radical (unpaired) electrons. The van der Waals surface area contributed by atoms with Crippen molar-refractivity contribution in [2.75, 3.05) is 19.7 Å². The average molecular weight is 332 g/mol. The van der Waals surface area contributed by atoms with Gasteiger partial charge < -0.3 is 20.5 Å². The number of para-hydroxylation sites is 1. The highest BCUT2D eigenvalue weighted by molar-refractivity contribution is 5.76. The zero-order chi connectivity index (χ0) is 16.8. The standard InChI is InChI=1S/C19H28N2O3/c22-16-12-15(13-16)19(14-6-9-20-10-7-14)21-18(23)8-11-24-17-4-2-1-3-5-17/h1-5,14-16,19-20,22H,6-13H2,(H,21,23). The van der Waals surface area contributed by atoms with Crippen LogP contribution in [0.4, 0.5) is 0 Å². The first-order valence-electron chi connectivity index (χ1n) is 9.08. The van der Waals surface area contributed by atoms with Gasteiger partial charge >= 0.3 is 0 Å². The van der Waals surface area contributed by atoms with Gasteiger partial charge in [0.05, 0.1) is 19.1 Å². The Kier molecular flexibility index (Phi) is 6.10. The smallest absolute Gasteiger partial charge is 0.223 e. The van der Waals surface area contributed by atoms with Gasteiger partial charge in [-0.1, -0.05) is 18.2 Å². The van der Waals surface area contributed by atoms with E-state index in [-0.39, 0.29) is 18.1 Å². The summed E-state index contributed by atoms with van der Waals surface area (Å²) >= 11 is 0. The van der Waals surface area contributed by atoms with E-state index in [0.29, 0.717) is 24.9 Å². The first-order chi connectivity index (χ1) is 11.7. The van der Waals surface area contributed by atoms with Gasteiger partial charge in [-0.3, -0.25) is 4.79 Å². The third kappa shape index (κ3) is 4.71. The van der Waals surface area contributed by atoms with E-state index < -0.39 is 0 Å². The number of aliphatic hydroxyl groups excluding tert-OH is 1. The summed E-state index contributed by atoms with van der Waals surface area (Å²) in [7, 11) is 0. The number of ether oxygens (including phenoxy) is 1. The minimum atomic E-state index is -0.183. The molecule has 1 aliphatic heterocycles. The number of amides is 1. The molecule has 3 rings (SSSR count). The molecule has 24 heavy (non-hydrogen) atoms. The highest BCUT2D eigenvalue weighted by Gasteiger charge is 2.39. The molecule has 3 N–H and O–H groups in total. The fraction of sp³-hybridized carbons (Fsp3) is 0.632. The van der Waals surface area contributed by atoms with Crippen molar-refractivity contribution in [2.24, 2.45) is 11.8 Å². The van der Waals surface area contributed by atoms with E-state index in [1.165, 1.54) is 0 Å². The van der Waals surface area contributed by atoms with Crippen molar-refractivity contribution in [1.82, 2.24) is 10.6 Å². The lowest BCUT2D eigenvalue weighted by molar-refractivity contribution is -0.124. The molecular formula is C19H28N2O3. The molecule has 2 fully saturated rings. The summed E-state index contributed by atoms with van der Waals surface area (Å²) in [6.45, 7) is 2.43. The third-order valence-corrected chi connectivity index (χ3v) is 5.22. The Morgan fingerprint density at radius 3 is 2.58 bits per heavy atom. The Hall–Kier alpha value is -1.59. The molecule has 2 aliphatic rings. The molecule has 1 atom stereocenters. The molecule has 1 aliphatic carbocycles. The van der Waals surface area contributed by atoms with Crippen LogP contribution in [-0.4, -0.2) is 42.9 Å². The second-order valence-corrected chi connectivity index (χ2v) is 6.98. The van der Waals surface area contributed by atoms with Crippen molar-refractivity contribution in [2.45, 2.75) is 44.2 Å². The van der Waals surface area contributed by atoms with Crippen LogP contribution in [-0.2, 0) is 4.79 Å². The van der Waals surface area contributed by atoms with Crippen LogP contribution in [0.25, 0.3) is 0 Å². The molecule has 1 heterocycles. The van der Waals surface area contributed by atoms with Crippen LogP contribution < -0.4 is 15.4 Å². The van der Waals surface area contributed by atoms with Gasteiger partial charge in [0, 0.05) is 6.04 Å². The van der Waals surface area contributed by atoms with E-state index in [4.69, 9.17) is 4.74 Å². The summed E-state index contributed by atoms with van der Waals surface area (Å²) in [5, 5.41) is 16.2. The van der Waals surface area contributed by atoms with Gasteiger partial charge in [-0.2, -0.15) is 0 Å². The fourth-order valence-corrected chi connectivity index (χ4v) is 3.78. The topological polar surface area (TPSA) is 70.6 Å². The highest BCUT2D eigenvalue weighted by Crippen LogP contribution is 2.35. The lowest BCUT2D eigenvalue weighted by atomic mass is 9.71. The van der Waals surface area contributed by atoms with Crippen LogP contribution in [0, 0.1) is 11.8 Å². The molecule has 1 saturated heterocycles. The maximum absolute atomic E-state index is 12.3. The molecule has 1 unspecified atom stereocenters. The number of hydrogen-bond acceptors (Lipinski definition) is 4. The Morgan fingerprint density at radius 1 is 1.21 bits per heavy atom. The van der Waals surface area contributed by atoms with E-state index in [1.54, 1.807) is 0 Å². The Balaban J connectivity index is 1.47. The second kappa shape index (κ2) is 8.49. The summed E-state index contributed by atoms with van der Waals surface area (Å²) in [5.41, 5.74) is 0. The second-order valence-electron chi connectivity index (χ2n) is 6.98. The molecule has 5 heteroatoms. The molecule has 1 aromatic rings. The van der Waals surface area contributed by atoms with E-state index in [0.717, 1.165) is 44.5 Å². The minimum Gasteiger partial charge on any atom is -0.493 e. The Bertz CT molecular complexity index is 511. The summed E-state index contributed by atoms with van der Waals surface area (Å²) in [6.07, 6.45) is 4.00. The van der Waals surface area contributed by atoms with Crippen molar-refractivity contribution in [3.63, 3.8) is 0 Å². The van der Waals surface area contributed by atoms with Crippen molar-refractivity contribution in [3.8, 4) is 5.75 Å². The van der Waals surface area contributed by atoms with Gasteiger partial charge in [-0.15, -0.1) is 0 Å². The zero-order valence-electron chi connectivity index (χ0n) is 14.1. The average Bonchev–Trinajstić information content (AvgIpc) is 2.59. The summed E-state index contributed by atoms with van der Waals surface area (Å²) in [4.78, 5) is 12.3. The zero-order valence-corrected chi connectivity index (χ0v) is 14.1. The maximum atomic E-state index is 12.3. The largest absolute Gasteiger partial charge is 0.493 e. The van der Waals surface area contributed by atoms with Crippen LogP contribution in [0.3, 0.4) is 0 Å². The predicted octanol–water partition coefficient (Wildman–Crippen LogP) is 1.71. The predicted molar refractivity (Wildman–Crippen MR) is 92.8 cm³/mol. The molecule has 0 spiro atoms. The number of aliphatic hydroxyl groups is 1. The van der Waals surface area contributed by atoms with Crippen LogP contribution in [0.5, 0.6) is 5.75 Å². The van der Waals surface area contributed by atoms with Crippen LogP contribution in [0.15, 0.2) is 30.3 Å². The van der Waals surface area contributed by atoms with Crippen molar-refractivity contribution < 1.29 is 14.6 Å². The van der Waals surface area contributed by atoms with Crippen LogP contribution in [0.1, 0.15) is 32.1 Å². The maximum Gasteiger partial charge on any atom is 0.223 e. The van der Waals surface area contributed by atoms with Crippen molar-refractivity contribution in [3.05, 3.63) is 30.3 Å². The third-order valence-electron chi connectivity index (χ3n) is 5.22. The van der Waals surface area contributed by atoms with E-state index in [2.05, 4.69) is 10.6 Å². The van der Waals surface area contributed by atoms with E-state index in [1.807, 2.05) is 30.3 Å². The van der Waals surface area contributed by atoms with Crippen molar-refractivity contribution >= 4 is 5.91 Å². The van der Waals surface area contributed by atoms with Crippen LogP contribution in [0.2, 0.25) is 0 Å². The quantitative estimate of drug-likeness (QED) is 0.711. The minimum absolute atomic E-state index is 0.0517. The number of hydrogen-bond donors (Lipinski definition) is 3. The number of carbonyl (C=O) groups excluding carboxylic acids is 1. The van der Waals surface area contributed by atoms with Gasteiger partial charge in [-0.25, -0.2) is 0 Å². The van der Waals surface area contributed by atoms with Gasteiger partial charge in [0.2, 0.25) is 5.91 Å². The first-order valence-corrected chi connectivity index (χ1v) is 9.08. The van der Waals surface area contributed by atoms with Crippen molar-refractivity contribution in [1.29, 1.82) is 0 Å². The number of piperidine rings is 1. The summed E-state index contributed by atoms with van der Waals surface area (Å²) in [6, 6.07) is 9.77. The monoisotopic (exact) mass is 332 g/mol. The first kappa shape index (κ1) is 17.2. The van der Waals surface area contributed by atoms with E-state index >= 15 is 0 Å². The highest BCUT2D eigenvalue weighted by atomic mass is 16.5.